The van der Waals surface area contributed by atoms with Crippen LogP contribution < -0.4 is 10.6 Å². The summed E-state index contributed by atoms with van der Waals surface area (Å²) in [6.45, 7) is 0. The van der Waals surface area contributed by atoms with Crippen molar-refractivity contribution in [1.82, 2.24) is 0 Å². The van der Waals surface area contributed by atoms with Crippen LogP contribution in [0.5, 0.6) is 0 Å². The Morgan fingerprint density at radius 2 is 1.53 bits per heavy atom. The minimum absolute atomic E-state index is 0.0854. The molecule has 0 aromatic heterocycles. The number of anilines is 2. The molecule has 36 heavy (non-hydrogen) atoms. The summed E-state index contributed by atoms with van der Waals surface area (Å²) >= 11 is 0. The van der Waals surface area contributed by atoms with Crippen LogP contribution in [0.15, 0.2) is 115 Å². The monoisotopic (exact) mass is 466 g/mol. The number of fused-ring (bicyclic) bond motifs is 6. The van der Waals surface area contributed by atoms with Gasteiger partial charge in [-0.1, -0.05) is 91.0 Å². The molecule has 0 spiro atoms. The molecule has 174 valence electrons. The fraction of sp³-hybridized carbons (Fsp3) is 0.121. The maximum atomic E-state index is 13.2. The fourth-order valence-electron chi connectivity index (χ4n) is 6.14. The Balaban J connectivity index is 1.22. The summed E-state index contributed by atoms with van der Waals surface area (Å²) in [5.41, 5.74) is 5.32. The summed E-state index contributed by atoms with van der Waals surface area (Å²) < 4.78 is 0. The molecule has 1 aliphatic heterocycles. The lowest BCUT2D eigenvalue weighted by Crippen LogP contribution is -2.29. The number of carbonyl (C=O) groups is 1. The lowest BCUT2D eigenvalue weighted by molar-refractivity contribution is 0.102. The van der Waals surface area contributed by atoms with Gasteiger partial charge in [0.05, 0.1) is 6.04 Å². The maximum Gasteiger partial charge on any atom is 0.256 e. The van der Waals surface area contributed by atoms with Gasteiger partial charge in [0, 0.05) is 22.9 Å². The minimum Gasteiger partial charge on any atom is -0.378 e. The highest BCUT2D eigenvalue weighted by atomic mass is 16.1. The van der Waals surface area contributed by atoms with Gasteiger partial charge in [0.1, 0.15) is 0 Å². The number of allylic oxidation sites excluding steroid dienone is 2. The van der Waals surface area contributed by atoms with E-state index in [2.05, 4.69) is 71.3 Å². The van der Waals surface area contributed by atoms with Crippen molar-refractivity contribution in [1.29, 1.82) is 0 Å². The maximum absolute atomic E-state index is 13.2. The van der Waals surface area contributed by atoms with Crippen molar-refractivity contribution in [2.45, 2.75) is 18.4 Å². The topological polar surface area (TPSA) is 41.1 Å². The average molecular weight is 467 g/mol. The zero-order chi connectivity index (χ0) is 24.1. The van der Waals surface area contributed by atoms with Crippen molar-refractivity contribution in [3.05, 3.63) is 132 Å². The van der Waals surface area contributed by atoms with Crippen LogP contribution in [0.25, 0.3) is 21.5 Å². The smallest absolute Gasteiger partial charge is 0.256 e. The second kappa shape index (κ2) is 8.39. The normalized spacial score (nSPS) is 20.1. The van der Waals surface area contributed by atoms with Crippen LogP contribution in [-0.4, -0.2) is 5.91 Å². The Morgan fingerprint density at radius 3 is 2.42 bits per heavy atom. The number of benzene rings is 5. The predicted octanol–water partition coefficient (Wildman–Crippen LogP) is 8.07. The molecule has 2 aliphatic rings. The molecule has 0 unspecified atom stereocenters. The second-order valence-electron chi connectivity index (χ2n) is 9.83. The van der Waals surface area contributed by atoms with Gasteiger partial charge in [-0.05, 0) is 69.3 Å². The lowest BCUT2D eigenvalue weighted by atomic mass is 9.75. The van der Waals surface area contributed by atoms with Crippen LogP contribution in [0.3, 0.4) is 0 Å². The Kier molecular flexibility index (Phi) is 4.88. The first-order chi connectivity index (χ1) is 17.8. The van der Waals surface area contributed by atoms with Crippen molar-refractivity contribution in [3.8, 4) is 0 Å². The minimum atomic E-state index is -0.0854. The summed E-state index contributed by atoms with van der Waals surface area (Å²) in [7, 11) is 0. The quantitative estimate of drug-likeness (QED) is 0.264. The SMILES string of the molecule is O=C(Nc1cccc([C@@H]2Nc3ccc4ccccc4c3[C@@H]3C=CC[C@@H]32)c1)c1cccc2ccccc12. The number of amides is 1. The fourth-order valence-corrected chi connectivity index (χ4v) is 6.14. The Labute approximate surface area is 210 Å². The Bertz CT molecular complexity index is 1660. The molecule has 1 aliphatic carbocycles. The van der Waals surface area contributed by atoms with E-state index >= 15 is 0 Å². The van der Waals surface area contributed by atoms with Crippen molar-refractivity contribution < 1.29 is 4.79 Å². The number of nitrogens with one attached hydrogen (secondary N) is 2. The van der Waals surface area contributed by atoms with Gasteiger partial charge in [-0.2, -0.15) is 0 Å². The molecule has 1 amide bonds. The van der Waals surface area contributed by atoms with E-state index in [4.69, 9.17) is 0 Å². The van der Waals surface area contributed by atoms with E-state index in [0.717, 1.165) is 22.9 Å². The first-order valence-corrected chi connectivity index (χ1v) is 12.6. The third-order valence-electron chi connectivity index (χ3n) is 7.79. The van der Waals surface area contributed by atoms with E-state index < -0.39 is 0 Å². The van der Waals surface area contributed by atoms with E-state index in [-0.39, 0.29) is 11.9 Å². The zero-order valence-corrected chi connectivity index (χ0v) is 19.8. The van der Waals surface area contributed by atoms with Gasteiger partial charge in [-0.25, -0.2) is 0 Å². The van der Waals surface area contributed by atoms with E-state index in [9.17, 15) is 4.79 Å². The number of hydrogen-bond acceptors (Lipinski definition) is 2. The van der Waals surface area contributed by atoms with E-state index in [1.165, 1.54) is 27.6 Å². The van der Waals surface area contributed by atoms with Crippen LogP contribution in [0, 0.1) is 5.92 Å². The first kappa shape index (κ1) is 21.0. The number of rotatable bonds is 3. The van der Waals surface area contributed by atoms with E-state index in [1.54, 1.807) is 0 Å². The summed E-state index contributed by atoms with van der Waals surface area (Å²) in [4.78, 5) is 13.2. The van der Waals surface area contributed by atoms with Crippen molar-refractivity contribution in [2.75, 3.05) is 10.6 Å². The van der Waals surface area contributed by atoms with Crippen LogP contribution in [0.2, 0.25) is 0 Å². The zero-order valence-electron chi connectivity index (χ0n) is 19.8. The number of hydrogen-bond donors (Lipinski definition) is 2. The highest BCUT2D eigenvalue weighted by molar-refractivity contribution is 6.13. The standard InChI is InChI=1S/C33H26N2O/c36-33(29-17-6-10-21-8-1-3-13-25(21)29)34-24-12-5-11-23(20-24)32-28-16-7-15-27(28)31-26-14-4-2-9-22(26)18-19-30(31)35-32/h1-15,17-20,27-28,32,35H,16H2,(H,34,36)/t27-,28+,32+/m1/s1. The summed E-state index contributed by atoms with van der Waals surface area (Å²) in [5, 5.41) is 11.7. The van der Waals surface area contributed by atoms with E-state index in [0.29, 0.717) is 17.4 Å². The van der Waals surface area contributed by atoms with Crippen molar-refractivity contribution >= 4 is 38.8 Å². The van der Waals surface area contributed by atoms with Gasteiger partial charge in [0.15, 0.2) is 0 Å². The summed E-state index contributed by atoms with van der Waals surface area (Å²) in [5.74, 6) is 0.733. The largest absolute Gasteiger partial charge is 0.378 e. The molecule has 0 saturated carbocycles. The first-order valence-electron chi connectivity index (χ1n) is 12.6. The molecular formula is C33H26N2O. The highest BCUT2D eigenvalue weighted by Gasteiger charge is 2.38. The molecule has 5 aromatic carbocycles. The number of carbonyl (C=O) groups excluding carboxylic acids is 1. The third kappa shape index (κ3) is 3.39. The molecule has 0 radical (unpaired) electrons. The summed E-state index contributed by atoms with van der Waals surface area (Å²) in [6.07, 6.45) is 5.75. The molecular weight excluding hydrogens is 440 g/mol. The van der Waals surface area contributed by atoms with Gasteiger partial charge < -0.3 is 10.6 Å². The van der Waals surface area contributed by atoms with Gasteiger partial charge in [0.2, 0.25) is 0 Å². The molecule has 3 nitrogen and oxygen atoms in total. The highest BCUT2D eigenvalue weighted by Crippen LogP contribution is 2.51. The molecule has 1 heterocycles. The van der Waals surface area contributed by atoms with E-state index in [1.807, 2.05) is 54.6 Å². The molecule has 0 fully saturated rings. The van der Waals surface area contributed by atoms with Gasteiger partial charge in [-0.3, -0.25) is 4.79 Å². The molecule has 0 saturated heterocycles. The van der Waals surface area contributed by atoms with Gasteiger partial charge in [0.25, 0.3) is 5.91 Å². The predicted molar refractivity (Wildman–Crippen MR) is 149 cm³/mol. The molecule has 7 rings (SSSR count). The molecule has 5 aromatic rings. The molecule has 2 N–H and O–H groups in total. The molecule has 3 heteroatoms. The second-order valence-corrected chi connectivity index (χ2v) is 9.83. The van der Waals surface area contributed by atoms with Crippen LogP contribution in [0.1, 0.15) is 39.9 Å². The van der Waals surface area contributed by atoms with Crippen LogP contribution in [0.4, 0.5) is 11.4 Å². The van der Waals surface area contributed by atoms with Crippen molar-refractivity contribution in [2.24, 2.45) is 5.92 Å². The van der Waals surface area contributed by atoms with Crippen LogP contribution >= 0.6 is 0 Å². The van der Waals surface area contributed by atoms with Gasteiger partial charge >= 0.3 is 0 Å². The van der Waals surface area contributed by atoms with Crippen molar-refractivity contribution in [3.63, 3.8) is 0 Å². The molecule has 3 atom stereocenters. The Morgan fingerprint density at radius 1 is 0.778 bits per heavy atom. The third-order valence-corrected chi connectivity index (χ3v) is 7.79. The van der Waals surface area contributed by atoms with Crippen LogP contribution in [-0.2, 0) is 0 Å². The average Bonchev–Trinajstić information content (AvgIpc) is 3.42. The van der Waals surface area contributed by atoms with Gasteiger partial charge in [-0.15, -0.1) is 0 Å². The summed E-state index contributed by atoms with van der Waals surface area (Å²) in [6, 6.07) is 35.5. The lowest BCUT2D eigenvalue weighted by Gasteiger charge is -2.38. The Hall–Kier alpha value is -4.37. The molecule has 0 bridgehead atoms.